The summed E-state index contributed by atoms with van der Waals surface area (Å²) in [5, 5.41) is 16.1. The van der Waals surface area contributed by atoms with E-state index in [1.165, 1.54) is 28.8 Å². The van der Waals surface area contributed by atoms with Crippen LogP contribution in [0.25, 0.3) is 0 Å². The molecule has 3 aromatic carbocycles. The van der Waals surface area contributed by atoms with Crippen LogP contribution in [0.1, 0.15) is 43.4 Å². The molecule has 0 amide bonds. The number of fused-ring (bicyclic) bond motifs is 1. The minimum absolute atomic E-state index is 0.182. The second-order valence-corrected chi connectivity index (χ2v) is 10.2. The van der Waals surface area contributed by atoms with Gasteiger partial charge in [-0.3, -0.25) is 5.01 Å². The summed E-state index contributed by atoms with van der Waals surface area (Å²) in [6.45, 7) is 2.93. The van der Waals surface area contributed by atoms with Gasteiger partial charge in [-0.05, 0) is 72.7 Å². The topological polar surface area (TPSA) is 47.5 Å². The number of benzene rings is 3. The Morgan fingerprint density at radius 3 is 2.57 bits per heavy atom. The molecule has 0 saturated carbocycles. The molecule has 1 unspecified atom stereocenters. The van der Waals surface area contributed by atoms with Crippen molar-refractivity contribution in [1.29, 1.82) is 0 Å². The zero-order valence-electron chi connectivity index (χ0n) is 21.0. The van der Waals surface area contributed by atoms with Crippen LogP contribution >= 0.6 is 0 Å². The summed E-state index contributed by atoms with van der Waals surface area (Å²) in [6, 6.07) is 25.0. The highest BCUT2D eigenvalue weighted by atomic mass is 19.1. The van der Waals surface area contributed by atoms with E-state index in [-0.39, 0.29) is 11.9 Å². The zero-order chi connectivity index (χ0) is 25.4. The number of para-hydroxylation sites is 1. The van der Waals surface area contributed by atoms with Crippen molar-refractivity contribution >= 4 is 5.69 Å². The number of allylic oxidation sites excluding steroid dienone is 4. The number of phenols is 1. The Labute approximate surface area is 217 Å². The summed E-state index contributed by atoms with van der Waals surface area (Å²) >= 11 is 0. The fourth-order valence-corrected chi connectivity index (χ4v) is 6.16. The predicted octanol–water partition coefficient (Wildman–Crippen LogP) is 6.90. The number of phenolic OH excluding ortho intramolecular Hbond substituents is 1. The van der Waals surface area contributed by atoms with E-state index >= 15 is 0 Å². The lowest BCUT2D eigenvalue weighted by Crippen LogP contribution is -2.30. The van der Waals surface area contributed by atoms with Crippen molar-refractivity contribution in [2.45, 2.75) is 38.8 Å². The third-order valence-electron chi connectivity index (χ3n) is 8.04. The number of hydrazine groups is 1. The van der Waals surface area contributed by atoms with Crippen molar-refractivity contribution in [3.8, 4) is 5.75 Å². The van der Waals surface area contributed by atoms with Crippen LogP contribution in [0.15, 0.2) is 114 Å². The summed E-state index contributed by atoms with van der Waals surface area (Å²) in [7, 11) is 0. The van der Waals surface area contributed by atoms with Crippen LogP contribution in [0.4, 0.5) is 10.1 Å². The van der Waals surface area contributed by atoms with Crippen LogP contribution < -0.4 is 15.8 Å². The zero-order valence-corrected chi connectivity index (χ0v) is 21.0. The Bertz CT molecular complexity index is 1380. The highest BCUT2D eigenvalue weighted by molar-refractivity contribution is 5.64. The van der Waals surface area contributed by atoms with E-state index in [4.69, 9.17) is 0 Å². The molecular weight excluding hydrogens is 461 g/mol. The molecule has 4 nitrogen and oxygen atoms in total. The first kappa shape index (κ1) is 23.6. The highest BCUT2D eigenvalue weighted by Crippen LogP contribution is 2.49. The molecule has 3 N–H and O–H groups in total. The number of hydrogen-bond donors (Lipinski definition) is 3. The molecule has 188 valence electrons. The van der Waals surface area contributed by atoms with Crippen molar-refractivity contribution in [3.05, 3.63) is 130 Å². The SMILES string of the molecule is C[C@H]1C2=CNN(c3ccc(F)cc3)C2=CC2=C1[C@@H](CC(NCc1ccccc1O)c1ccccc1)CC2. The van der Waals surface area contributed by atoms with Gasteiger partial charge in [-0.25, -0.2) is 4.39 Å². The van der Waals surface area contributed by atoms with Crippen LogP contribution in [0.2, 0.25) is 0 Å². The van der Waals surface area contributed by atoms with E-state index < -0.39 is 0 Å². The molecule has 3 aliphatic rings. The van der Waals surface area contributed by atoms with Crippen molar-refractivity contribution in [2.24, 2.45) is 11.8 Å². The van der Waals surface area contributed by atoms with Gasteiger partial charge in [0.2, 0.25) is 0 Å². The van der Waals surface area contributed by atoms with Gasteiger partial charge in [0.1, 0.15) is 11.6 Å². The van der Waals surface area contributed by atoms with Crippen LogP contribution in [0, 0.1) is 17.7 Å². The van der Waals surface area contributed by atoms with Crippen molar-refractivity contribution in [2.75, 3.05) is 5.01 Å². The van der Waals surface area contributed by atoms with Crippen LogP contribution in [-0.2, 0) is 6.54 Å². The number of hydrogen-bond acceptors (Lipinski definition) is 4. The highest BCUT2D eigenvalue weighted by Gasteiger charge is 2.38. The molecule has 5 heteroatoms. The molecule has 1 heterocycles. The lowest BCUT2D eigenvalue weighted by Gasteiger charge is -2.31. The van der Waals surface area contributed by atoms with E-state index in [2.05, 4.69) is 65.3 Å². The van der Waals surface area contributed by atoms with E-state index in [0.29, 0.717) is 24.1 Å². The van der Waals surface area contributed by atoms with Gasteiger partial charge in [0.25, 0.3) is 0 Å². The minimum Gasteiger partial charge on any atom is -0.508 e. The van der Waals surface area contributed by atoms with Crippen molar-refractivity contribution < 1.29 is 9.50 Å². The lowest BCUT2D eigenvalue weighted by atomic mass is 9.78. The van der Waals surface area contributed by atoms with E-state index in [9.17, 15) is 9.50 Å². The standard InChI is InChI=1S/C32H32FN3O/c1-21-28-20-35-36(27-15-13-26(33)14-16-27)30(28)18-24-12-11-23(32(21)24)17-29(22-7-3-2-4-8-22)34-19-25-9-5-6-10-31(25)37/h2-10,13-16,18,20-21,23,29,34-35,37H,11-12,17,19H2,1H3/t21-,23+,29?/m0/s1. The molecule has 0 fully saturated rings. The maximum atomic E-state index is 13.5. The first-order valence-electron chi connectivity index (χ1n) is 13.1. The molecule has 0 radical (unpaired) electrons. The first-order chi connectivity index (χ1) is 18.1. The predicted molar refractivity (Wildman–Crippen MR) is 146 cm³/mol. The van der Waals surface area contributed by atoms with Gasteiger partial charge in [0.05, 0.1) is 11.4 Å². The Balaban J connectivity index is 1.26. The second-order valence-electron chi connectivity index (χ2n) is 10.2. The molecule has 2 aliphatic carbocycles. The molecule has 1 aliphatic heterocycles. The normalized spacial score (nSPS) is 21.2. The van der Waals surface area contributed by atoms with Gasteiger partial charge >= 0.3 is 0 Å². The Morgan fingerprint density at radius 2 is 1.78 bits per heavy atom. The largest absolute Gasteiger partial charge is 0.508 e. The van der Waals surface area contributed by atoms with Gasteiger partial charge in [-0.2, -0.15) is 0 Å². The number of nitrogens with one attached hydrogen (secondary N) is 2. The minimum atomic E-state index is -0.227. The summed E-state index contributed by atoms with van der Waals surface area (Å²) < 4.78 is 13.5. The molecule has 37 heavy (non-hydrogen) atoms. The van der Waals surface area contributed by atoms with Crippen LogP contribution in [-0.4, -0.2) is 5.11 Å². The Kier molecular flexibility index (Phi) is 6.31. The molecule has 0 bridgehead atoms. The molecule has 0 spiro atoms. The van der Waals surface area contributed by atoms with Crippen molar-refractivity contribution in [3.63, 3.8) is 0 Å². The van der Waals surface area contributed by atoms with Crippen molar-refractivity contribution in [1.82, 2.24) is 10.7 Å². The summed E-state index contributed by atoms with van der Waals surface area (Å²) in [6.07, 6.45) is 7.64. The molecule has 3 aromatic rings. The lowest BCUT2D eigenvalue weighted by molar-refractivity contribution is 0.401. The second kappa shape index (κ2) is 9.91. The van der Waals surface area contributed by atoms with Gasteiger partial charge in [0.15, 0.2) is 0 Å². The van der Waals surface area contributed by atoms with Gasteiger partial charge in [0, 0.05) is 35.8 Å². The molecule has 0 saturated heterocycles. The average Bonchev–Trinajstić information content (AvgIpc) is 3.53. The van der Waals surface area contributed by atoms with E-state index in [1.54, 1.807) is 11.6 Å². The van der Waals surface area contributed by atoms with E-state index in [0.717, 1.165) is 36.2 Å². The number of anilines is 1. The average molecular weight is 494 g/mol. The summed E-state index contributed by atoms with van der Waals surface area (Å²) in [5.41, 5.74) is 11.9. The Morgan fingerprint density at radius 1 is 1.03 bits per heavy atom. The smallest absolute Gasteiger partial charge is 0.123 e. The van der Waals surface area contributed by atoms with Gasteiger partial charge < -0.3 is 15.8 Å². The van der Waals surface area contributed by atoms with E-state index in [1.807, 2.05) is 30.3 Å². The molecule has 6 rings (SSSR count). The number of aromatic hydroxyl groups is 1. The van der Waals surface area contributed by atoms with Gasteiger partial charge in [-0.1, -0.05) is 61.0 Å². The molecule has 0 aromatic heterocycles. The third-order valence-corrected chi connectivity index (χ3v) is 8.04. The quantitative estimate of drug-likeness (QED) is 0.335. The Hall–Kier alpha value is -3.83. The number of rotatable bonds is 7. The molecular formula is C32H32FN3O. The van der Waals surface area contributed by atoms with Crippen LogP contribution in [0.5, 0.6) is 5.75 Å². The molecule has 3 atom stereocenters. The summed E-state index contributed by atoms with van der Waals surface area (Å²) in [4.78, 5) is 0. The first-order valence-corrected chi connectivity index (χ1v) is 13.1. The number of nitrogens with zero attached hydrogens (tertiary/aromatic N) is 1. The van der Waals surface area contributed by atoms with Crippen LogP contribution in [0.3, 0.4) is 0 Å². The number of halogens is 1. The fraction of sp³-hybridized carbons (Fsp3) is 0.250. The third kappa shape index (κ3) is 4.56. The van der Waals surface area contributed by atoms with Gasteiger partial charge in [-0.15, -0.1) is 0 Å². The fourth-order valence-electron chi connectivity index (χ4n) is 6.16. The maximum absolute atomic E-state index is 13.5. The summed E-state index contributed by atoms with van der Waals surface area (Å²) in [5.74, 6) is 0.896. The maximum Gasteiger partial charge on any atom is 0.123 e. The monoisotopic (exact) mass is 493 g/mol.